The first-order valence-electron chi connectivity index (χ1n) is 15.7. The maximum atomic E-state index is 7.02. The van der Waals surface area contributed by atoms with Crippen LogP contribution < -0.4 is 4.90 Å². The van der Waals surface area contributed by atoms with Crippen molar-refractivity contribution < 1.29 is 4.42 Å². The van der Waals surface area contributed by atoms with Crippen LogP contribution in [-0.4, -0.2) is 0 Å². The number of hydrogen-bond acceptors (Lipinski definition) is 2. The Bertz CT molecular complexity index is 2470. The lowest BCUT2D eigenvalue weighted by atomic mass is 9.93. The molecule has 0 aliphatic carbocycles. The first-order valence-corrected chi connectivity index (χ1v) is 15.7. The van der Waals surface area contributed by atoms with E-state index in [0.29, 0.717) is 0 Å². The summed E-state index contributed by atoms with van der Waals surface area (Å²) in [7, 11) is 0. The highest BCUT2D eigenvalue weighted by atomic mass is 16.3. The predicted molar refractivity (Wildman–Crippen MR) is 194 cm³/mol. The van der Waals surface area contributed by atoms with Crippen molar-refractivity contribution in [3.8, 4) is 22.3 Å². The van der Waals surface area contributed by atoms with Crippen LogP contribution in [0.2, 0.25) is 0 Å². The van der Waals surface area contributed by atoms with Crippen LogP contribution in [0.5, 0.6) is 0 Å². The summed E-state index contributed by atoms with van der Waals surface area (Å²) >= 11 is 0. The Morgan fingerprint density at radius 2 is 0.935 bits per heavy atom. The number of fused-ring (bicyclic) bond motifs is 5. The summed E-state index contributed by atoms with van der Waals surface area (Å²) < 4.78 is 7.02. The zero-order valence-electron chi connectivity index (χ0n) is 25.1. The van der Waals surface area contributed by atoms with Crippen LogP contribution in [0, 0.1) is 0 Å². The van der Waals surface area contributed by atoms with Crippen LogP contribution >= 0.6 is 0 Å². The molecule has 0 atom stereocenters. The second kappa shape index (κ2) is 10.8. The maximum absolute atomic E-state index is 7.02. The lowest BCUT2D eigenvalue weighted by Crippen LogP contribution is -2.09. The average Bonchev–Trinajstić information content (AvgIpc) is 3.50. The van der Waals surface area contributed by atoms with E-state index in [9.17, 15) is 0 Å². The van der Waals surface area contributed by atoms with Gasteiger partial charge in [0.1, 0.15) is 5.58 Å². The minimum atomic E-state index is 0.870. The molecule has 2 nitrogen and oxygen atoms in total. The third kappa shape index (κ3) is 4.35. The zero-order valence-corrected chi connectivity index (χ0v) is 25.1. The molecule has 0 radical (unpaired) electrons. The van der Waals surface area contributed by atoms with E-state index in [0.717, 1.165) is 50.1 Å². The third-order valence-corrected chi connectivity index (χ3v) is 9.02. The van der Waals surface area contributed by atoms with Gasteiger partial charge in [-0.3, -0.25) is 0 Å². The van der Waals surface area contributed by atoms with Crippen LogP contribution in [0.1, 0.15) is 0 Å². The van der Waals surface area contributed by atoms with Gasteiger partial charge in [0.15, 0.2) is 5.58 Å². The second-order valence-corrected chi connectivity index (χ2v) is 11.8. The number of furan rings is 1. The monoisotopic (exact) mass is 587 g/mol. The standard InChI is InChI=1S/C44H29NO/c1-3-15-36(16-4-1)45(37-17-5-2-6-18-37)41-21-11-20-39-40-29-35-14-9-10-19-38(35)42(44(40)46-43(39)41)32-25-22-31(23-26-32)34-27-24-30-12-7-8-13-33(30)28-34/h1-29H. The molecular formula is C44H29NO. The highest BCUT2D eigenvalue weighted by molar-refractivity contribution is 6.20. The van der Waals surface area contributed by atoms with Gasteiger partial charge >= 0.3 is 0 Å². The topological polar surface area (TPSA) is 16.4 Å². The molecule has 0 saturated heterocycles. The molecule has 46 heavy (non-hydrogen) atoms. The molecule has 9 rings (SSSR count). The normalized spacial score (nSPS) is 11.5. The predicted octanol–water partition coefficient (Wildman–Crippen LogP) is 12.7. The van der Waals surface area contributed by atoms with Crippen molar-refractivity contribution in [3.05, 3.63) is 176 Å². The summed E-state index contributed by atoms with van der Waals surface area (Å²) in [6.07, 6.45) is 0. The molecule has 0 saturated carbocycles. The fourth-order valence-electron chi connectivity index (χ4n) is 6.82. The molecule has 1 heterocycles. The number of nitrogens with zero attached hydrogens (tertiary/aromatic N) is 1. The van der Waals surface area contributed by atoms with Gasteiger partial charge in [-0.2, -0.15) is 0 Å². The second-order valence-electron chi connectivity index (χ2n) is 11.8. The Hall–Kier alpha value is -6.12. The van der Waals surface area contributed by atoms with E-state index >= 15 is 0 Å². The van der Waals surface area contributed by atoms with E-state index in [1.54, 1.807) is 0 Å². The Morgan fingerprint density at radius 3 is 1.67 bits per heavy atom. The largest absolute Gasteiger partial charge is 0.453 e. The van der Waals surface area contributed by atoms with Crippen LogP contribution in [-0.2, 0) is 0 Å². The molecule has 0 aliphatic rings. The molecule has 1 aromatic heterocycles. The Morgan fingerprint density at radius 1 is 0.348 bits per heavy atom. The van der Waals surface area contributed by atoms with Gasteiger partial charge in [-0.15, -0.1) is 0 Å². The maximum Gasteiger partial charge on any atom is 0.159 e. The fourth-order valence-corrected chi connectivity index (χ4v) is 6.82. The molecule has 0 amide bonds. The van der Waals surface area contributed by atoms with Crippen molar-refractivity contribution in [2.75, 3.05) is 4.90 Å². The van der Waals surface area contributed by atoms with Gasteiger partial charge in [0, 0.05) is 27.7 Å². The first kappa shape index (κ1) is 26.3. The lowest BCUT2D eigenvalue weighted by molar-refractivity contribution is 0.670. The van der Waals surface area contributed by atoms with Crippen LogP contribution in [0.25, 0.3) is 65.7 Å². The molecular weight excluding hydrogens is 558 g/mol. The number of benzene rings is 8. The number of para-hydroxylation sites is 3. The molecule has 0 fully saturated rings. The molecule has 0 unspecified atom stereocenters. The van der Waals surface area contributed by atoms with Gasteiger partial charge in [0.2, 0.25) is 0 Å². The zero-order chi connectivity index (χ0) is 30.5. The Labute approximate surface area is 267 Å². The van der Waals surface area contributed by atoms with Crippen LogP contribution in [0.4, 0.5) is 17.1 Å². The minimum Gasteiger partial charge on any atom is -0.453 e. The van der Waals surface area contributed by atoms with Crippen molar-refractivity contribution in [1.82, 2.24) is 0 Å². The van der Waals surface area contributed by atoms with Gasteiger partial charge in [-0.25, -0.2) is 0 Å². The summed E-state index contributed by atoms with van der Waals surface area (Å²) in [6, 6.07) is 62.5. The Kier molecular flexibility index (Phi) is 6.17. The van der Waals surface area contributed by atoms with Gasteiger partial charge in [0.25, 0.3) is 0 Å². The van der Waals surface area contributed by atoms with Gasteiger partial charge in [-0.1, -0.05) is 133 Å². The molecule has 0 aliphatic heterocycles. The van der Waals surface area contributed by atoms with Crippen molar-refractivity contribution >= 4 is 60.5 Å². The molecule has 8 aromatic carbocycles. The van der Waals surface area contributed by atoms with Crippen LogP contribution in [0.3, 0.4) is 0 Å². The summed E-state index contributed by atoms with van der Waals surface area (Å²) in [5.74, 6) is 0. The van der Waals surface area contributed by atoms with Gasteiger partial charge < -0.3 is 9.32 Å². The summed E-state index contributed by atoms with van der Waals surface area (Å²) in [6.45, 7) is 0. The molecule has 2 heteroatoms. The van der Waals surface area contributed by atoms with E-state index in [2.05, 4.69) is 181 Å². The first-order chi connectivity index (χ1) is 22.8. The number of hydrogen-bond donors (Lipinski definition) is 0. The summed E-state index contributed by atoms with van der Waals surface area (Å²) in [4.78, 5) is 2.28. The fraction of sp³-hybridized carbons (Fsp3) is 0. The SMILES string of the molecule is c1ccc(N(c2ccccc2)c2cccc3c2oc2c(-c4ccc(-c5ccc6ccccc6c5)cc4)c4ccccc4cc23)cc1. The smallest absolute Gasteiger partial charge is 0.159 e. The number of rotatable bonds is 5. The Balaban J connectivity index is 1.26. The highest BCUT2D eigenvalue weighted by Gasteiger charge is 2.22. The third-order valence-electron chi connectivity index (χ3n) is 9.02. The molecule has 9 aromatic rings. The highest BCUT2D eigenvalue weighted by Crippen LogP contribution is 2.46. The molecule has 216 valence electrons. The quantitative estimate of drug-likeness (QED) is 0.199. The lowest BCUT2D eigenvalue weighted by Gasteiger charge is -2.25. The average molecular weight is 588 g/mol. The number of anilines is 3. The van der Waals surface area contributed by atoms with Gasteiger partial charge in [0.05, 0.1) is 5.69 Å². The molecule has 0 spiro atoms. The van der Waals surface area contributed by atoms with Crippen molar-refractivity contribution in [3.63, 3.8) is 0 Å². The van der Waals surface area contributed by atoms with E-state index in [4.69, 9.17) is 4.42 Å². The van der Waals surface area contributed by atoms with E-state index in [1.807, 2.05) is 0 Å². The van der Waals surface area contributed by atoms with Crippen molar-refractivity contribution in [1.29, 1.82) is 0 Å². The summed E-state index contributed by atoms with van der Waals surface area (Å²) in [5, 5.41) is 7.09. The summed E-state index contributed by atoms with van der Waals surface area (Å²) in [5.41, 5.74) is 9.60. The molecule has 0 N–H and O–H groups in total. The van der Waals surface area contributed by atoms with Crippen molar-refractivity contribution in [2.24, 2.45) is 0 Å². The van der Waals surface area contributed by atoms with Gasteiger partial charge in [-0.05, 0) is 80.7 Å². The van der Waals surface area contributed by atoms with E-state index < -0.39 is 0 Å². The van der Waals surface area contributed by atoms with E-state index in [1.165, 1.54) is 32.7 Å². The molecule has 0 bridgehead atoms. The minimum absolute atomic E-state index is 0.870. The van der Waals surface area contributed by atoms with Crippen LogP contribution in [0.15, 0.2) is 180 Å². The van der Waals surface area contributed by atoms with E-state index in [-0.39, 0.29) is 0 Å². The van der Waals surface area contributed by atoms with Crippen molar-refractivity contribution in [2.45, 2.75) is 0 Å².